The van der Waals surface area contributed by atoms with Gasteiger partial charge in [-0.05, 0) is 24.1 Å². The summed E-state index contributed by atoms with van der Waals surface area (Å²) in [4.78, 5) is 11.4. The van der Waals surface area contributed by atoms with Gasteiger partial charge in [-0.3, -0.25) is 4.79 Å². The standard InChI is InChI=1S/C18H24O10/c1-26-11(20)3-2-9-12-8(4-5-27-9)6-18(25,16(12)24)17-15(23)14(22)13(21)10(7-19)28-17/h4-6,9-10,13-15,17,19,21-25H,2-3,7H2,1H3/t9?,10-,13-,14+,15-,17-,18?/m1/s1. The molecule has 2 unspecified atom stereocenters. The second-order valence-corrected chi connectivity index (χ2v) is 6.98. The summed E-state index contributed by atoms with van der Waals surface area (Å²) in [5.74, 6) is -1.03. The second-order valence-electron chi connectivity index (χ2n) is 6.98. The molecule has 0 saturated carbocycles. The zero-order valence-corrected chi connectivity index (χ0v) is 15.1. The molecular formula is C18H24O10. The molecule has 0 aromatic heterocycles. The molecule has 1 saturated heterocycles. The predicted molar refractivity (Wildman–Crippen MR) is 91.7 cm³/mol. The van der Waals surface area contributed by atoms with Crippen LogP contribution in [0.1, 0.15) is 12.8 Å². The van der Waals surface area contributed by atoms with Gasteiger partial charge in [0.15, 0.2) is 5.60 Å². The number of carbonyl (C=O) groups is 1. The highest BCUT2D eigenvalue weighted by atomic mass is 16.6. The van der Waals surface area contributed by atoms with Gasteiger partial charge in [-0.25, -0.2) is 0 Å². The Kier molecular flexibility index (Phi) is 5.80. The van der Waals surface area contributed by atoms with Gasteiger partial charge in [0.05, 0.1) is 20.0 Å². The molecule has 3 rings (SSSR count). The highest BCUT2D eigenvalue weighted by molar-refractivity contribution is 5.69. The maximum atomic E-state index is 11.4. The number of allylic oxidation sites excluding steroid dienone is 1. The molecule has 1 aliphatic carbocycles. The van der Waals surface area contributed by atoms with Crippen LogP contribution < -0.4 is 0 Å². The normalized spacial score (nSPS) is 40.0. The summed E-state index contributed by atoms with van der Waals surface area (Å²) >= 11 is 0. The minimum atomic E-state index is -2.24. The molecular weight excluding hydrogens is 376 g/mol. The smallest absolute Gasteiger partial charge is 0.305 e. The molecule has 10 heteroatoms. The summed E-state index contributed by atoms with van der Waals surface area (Å²) in [6.45, 7) is -0.670. The van der Waals surface area contributed by atoms with Crippen molar-refractivity contribution in [2.24, 2.45) is 0 Å². The summed E-state index contributed by atoms with van der Waals surface area (Å²) in [6, 6.07) is 0. The third kappa shape index (κ3) is 3.32. The number of methoxy groups -OCH3 is 1. The van der Waals surface area contributed by atoms with E-state index in [0.717, 1.165) is 0 Å². The Hall–Kier alpha value is -1.95. The van der Waals surface area contributed by atoms with Crippen molar-refractivity contribution < 1.29 is 49.6 Å². The van der Waals surface area contributed by atoms with E-state index in [2.05, 4.69) is 4.74 Å². The zero-order chi connectivity index (χ0) is 20.6. The maximum absolute atomic E-state index is 11.4. The predicted octanol–water partition coefficient (Wildman–Crippen LogP) is -1.82. The number of rotatable bonds is 5. The van der Waals surface area contributed by atoms with Crippen LogP contribution in [-0.2, 0) is 19.0 Å². The lowest BCUT2D eigenvalue weighted by molar-refractivity contribution is -0.259. The van der Waals surface area contributed by atoms with Crippen molar-refractivity contribution in [1.82, 2.24) is 0 Å². The Labute approximate surface area is 160 Å². The van der Waals surface area contributed by atoms with Crippen molar-refractivity contribution in [1.29, 1.82) is 0 Å². The summed E-state index contributed by atoms with van der Waals surface area (Å²) < 4.78 is 15.5. The van der Waals surface area contributed by atoms with E-state index in [4.69, 9.17) is 9.47 Å². The molecule has 6 N–H and O–H groups in total. The van der Waals surface area contributed by atoms with E-state index in [1.165, 1.54) is 25.5 Å². The highest BCUT2D eigenvalue weighted by Crippen LogP contribution is 2.44. The second kappa shape index (κ2) is 7.82. The topological polar surface area (TPSA) is 166 Å². The van der Waals surface area contributed by atoms with Gasteiger partial charge < -0.3 is 44.8 Å². The number of hydrogen-bond donors (Lipinski definition) is 6. The quantitative estimate of drug-likeness (QED) is 0.289. The molecule has 0 radical (unpaired) electrons. The molecule has 28 heavy (non-hydrogen) atoms. The minimum Gasteiger partial charge on any atom is -0.508 e. The lowest BCUT2D eigenvalue weighted by atomic mass is 9.84. The van der Waals surface area contributed by atoms with Crippen LogP contribution in [0.4, 0.5) is 0 Å². The van der Waals surface area contributed by atoms with Crippen LogP contribution in [-0.4, -0.2) is 92.5 Å². The SMILES string of the molecule is COC(=O)CCC1OC=CC2=CC(O)([C@@H]3O[C@H](CO)[C@@H](O)[C@H](O)[C@H]3O)C(O)=C21. The number of aliphatic hydroxyl groups excluding tert-OH is 5. The molecule has 0 aromatic rings. The Balaban J connectivity index is 1.92. The van der Waals surface area contributed by atoms with Gasteiger partial charge in [0.1, 0.15) is 42.4 Å². The summed E-state index contributed by atoms with van der Waals surface area (Å²) in [6.07, 6.45) is -4.36. The Morgan fingerprint density at radius 1 is 1.25 bits per heavy atom. The molecule has 1 fully saturated rings. The largest absolute Gasteiger partial charge is 0.508 e. The van der Waals surface area contributed by atoms with E-state index in [-0.39, 0.29) is 18.4 Å². The third-order valence-electron chi connectivity index (χ3n) is 5.30. The molecule has 10 nitrogen and oxygen atoms in total. The van der Waals surface area contributed by atoms with E-state index in [9.17, 15) is 35.4 Å². The Bertz CT molecular complexity index is 711. The van der Waals surface area contributed by atoms with Crippen LogP contribution in [0.3, 0.4) is 0 Å². The van der Waals surface area contributed by atoms with Gasteiger partial charge in [0.25, 0.3) is 0 Å². The average molecular weight is 400 g/mol. The number of ether oxygens (including phenoxy) is 3. The first-order valence-electron chi connectivity index (χ1n) is 8.83. The maximum Gasteiger partial charge on any atom is 0.305 e. The van der Waals surface area contributed by atoms with Crippen molar-refractivity contribution in [2.45, 2.75) is 55.1 Å². The fraction of sp³-hybridized carbons (Fsp3) is 0.611. The number of esters is 1. The first-order chi connectivity index (χ1) is 13.2. The summed E-state index contributed by atoms with van der Waals surface area (Å²) in [7, 11) is 1.25. The van der Waals surface area contributed by atoms with E-state index in [1.54, 1.807) is 0 Å². The van der Waals surface area contributed by atoms with Crippen molar-refractivity contribution >= 4 is 5.97 Å². The van der Waals surface area contributed by atoms with E-state index in [0.29, 0.717) is 5.57 Å². The zero-order valence-electron chi connectivity index (χ0n) is 15.1. The van der Waals surface area contributed by atoms with Crippen LogP contribution in [0.25, 0.3) is 0 Å². The van der Waals surface area contributed by atoms with Crippen LogP contribution in [0.2, 0.25) is 0 Å². The molecule has 2 aliphatic heterocycles. The number of carbonyl (C=O) groups excluding carboxylic acids is 1. The molecule has 0 aromatic carbocycles. The van der Waals surface area contributed by atoms with Crippen molar-refractivity contribution in [2.75, 3.05) is 13.7 Å². The van der Waals surface area contributed by atoms with Crippen LogP contribution in [0.15, 0.2) is 35.3 Å². The Morgan fingerprint density at radius 2 is 1.96 bits per heavy atom. The van der Waals surface area contributed by atoms with Crippen molar-refractivity contribution in [3.8, 4) is 0 Å². The van der Waals surface area contributed by atoms with Crippen molar-refractivity contribution in [3.05, 3.63) is 35.3 Å². The first kappa shape index (κ1) is 20.8. The van der Waals surface area contributed by atoms with E-state index in [1.807, 2.05) is 0 Å². The minimum absolute atomic E-state index is 0.0115. The monoisotopic (exact) mass is 400 g/mol. The van der Waals surface area contributed by atoms with Gasteiger partial charge in [-0.2, -0.15) is 0 Å². The highest BCUT2D eigenvalue weighted by Gasteiger charge is 2.56. The average Bonchev–Trinajstić information content (AvgIpc) is 2.96. The summed E-state index contributed by atoms with van der Waals surface area (Å²) in [5, 5.41) is 61.5. The molecule has 156 valence electrons. The molecule has 2 heterocycles. The summed E-state index contributed by atoms with van der Waals surface area (Å²) in [5.41, 5.74) is -1.62. The van der Waals surface area contributed by atoms with Crippen LogP contribution >= 0.6 is 0 Å². The molecule has 0 amide bonds. The van der Waals surface area contributed by atoms with Gasteiger partial charge in [0.2, 0.25) is 0 Å². The molecule has 0 spiro atoms. The fourth-order valence-corrected chi connectivity index (χ4v) is 3.73. The number of aliphatic hydroxyl groups is 6. The van der Waals surface area contributed by atoms with Gasteiger partial charge in [-0.1, -0.05) is 0 Å². The molecule has 7 atom stereocenters. The molecule has 0 bridgehead atoms. The third-order valence-corrected chi connectivity index (χ3v) is 5.30. The fourth-order valence-electron chi connectivity index (χ4n) is 3.73. The van der Waals surface area contributed by atoms with Gasteiger partial charge in [0, 0.05) is 12.0 Å². The van der Waals surface area contributed by atoms with Gasteiger partial charge in [-0.15, -0.1) is 0 Å². The van der Waals surface area contributed by atoms with E-state index < -0.39 is 60.6 Å². The Morgan fingerprint density at radius 3 is 2.61 bits per heavy atom. The van der Waals surface area contributed by atoms with E-state index >= 15 is 0 Å². The van der Waals surface area contributed by atoms with Crippen LogP contribution in [0, 0.1) is 0 Å². The lowest BCUT2D eigenvalue weighted by Gasteiger charge is -2.45. The molecule has 3 aliphatic rings. The van der Waals surface area contributed by atoms with Crippen LogP contribution in [0.5, 0.6) is 0 Å². The number of fused-ring (bicyclic) bond motifs is 1. The lowest BCUT2D eigenvalue weighted by Crippen LogP contribution is -2.65. The van der Waals surface area contributed by atoms with Crippen molar-refractivity contribution in [3.63, 3.8) is 0 Å². The number of hydrogen-bond acceptors (Lipinski definition) is 10. The first-order valence-corrected chi connectivity index (χ1v) is 8.83. The van der Waals surface area contributed by atoms with Gasteiger partial charge >= 0.3 is 5.97 Å².